The number of nitriles is 1. The highest BCUT2D eigenvalue weighted by Crippen LogP contribution is 2.37. The Hall–Kier alpha value is -2.63. The van der Waals surface area contributed by atoms with Gasteiger partial charge in [0, 0.05) is 42.2 Å². The minimum Gasteiger partial charge on any atom is -0.368 e. The van der Waals surface area contributed by atoms with E-state index in [4.69, 9.17) is 5.26 Å². The summed E-state index contributed by atoms with van der Waals surface area (Å²) < 4.78 is 40.5. The first-order chi connectivity index (χ1) is 13.5. The van der Waals surface area contributed by atoms with Gasteiger partial charge in [-0.05, 0) is 30.3 Å². The van der Waals surface area contributed by atoms with Crippen molar-refractivity contribution < 1.29 is 12.8 Å². The zero-order valence-electron chi connectivity index (χ0n) is 14.8. The van der Waals surface area contributed by atoms with Crippen LogP contribution in [0.1, 0.15) is 5.56 Å². The summed E-state index contributed by atoms with van der Waals surface area (Å²) >= 11 is 1.81. The first-order valence-corrected chi connectivity index (χ1v) is 11.3. The zero-order chi connectivity index (χ0) is 19.7. The topological polar surface area (TPSA) is 74.1 Å². The van der Waals surface area contributed by atoms with Crippen LogP contribution in [0.5, 0.6) is 0 Å². The number of benzene rings is 2. The second kappa shape index (κ2) is 7.41. The van der Waals surface area contributed by atoms with Gasteiger partial charge in [-0.15, -0.1) is 0 Å². The molecule has 28 heavy (non-hydrogen) atoms. The average molecular weight is 413 g/mol. The molecule has 3 aromatic rings. The van der Waals surface area contributed by atoms with Crippen molar-refractivity contribution in [2.24, 2.45) is 0 Å². The SMILES string of the molecule is N#Cc1cccc(S(=O)(=O)c2cnc3cc(F)ccc3c2N2CCSCC2)c1. The van der Waals surface area contributed by atoms with Crippen molar-refractivity contribution >= 4 is 38.2 Å². The Morgan fingerprint density at radius 1 is 1.14 bits per heavy atom. The number of nitrogens with zero attached hydrogens (tertiary/aromatic N) is 3. The number of hydrogen-bond acceptors (Lipinski definition) is 6. The normalized spacial score (nSPS) is 14.8. The Morgan fingerprint density at radius 2 is 1.93 bits per heavy atom. The largest absolute Gasteiger partial charge is 0.368 e. The van der Waals surface area contributed by atoms with E-state index >= 15 is 0 Å². The number of pyridine rings is 1. The van der Waals surface area contributed by atoms with Crippen molar-refractivity contribution in [3.63, 3.8) is 0 Å². The van der Waals surface area contributed by atoms with Gasteiger partial charge >= 0.3 is 0 Å². The molecule has 0 N–H and O–H groups in total. The van der Waals surface area contributed by atoms with Gasteiger partial charge in [0.2, 0.25) is 9.84 Å². The maximum Gasteiger partial charge on any atom is 0.210 e. The lowest BCUT2D eigenvalue weighted by Gasteiger charge is -2.31. The lowest BCUT2D eigenvalue weighted by Crippen LogP contribution is -2.33. The van der Waals surface area contributed by atoms with Gasteiger partial charge in [0.15, 0.2) is 0 Å². The molecular weight excluding hydrogens is 397 g/mol. The quantitative estimate of drug-likeness (QED) is 0.653. The number of fused-ring (bicyclic) bond motifs is 1. The van der Waals surface area contributed by atoms with Gasteiger partial charge in [-0.25, -0.2) is 12.8 Å². The molecule has 0 radical (unpaired) electrons. The molecule has 1 fully saturated rings. The molecule has 0 unspecified atom stereocenters. The van der Waals surface area contributed by atoms with Crippen molar-refractivity contribution in [3.8, 4) is 6.07 Å². The lowest BCUT2D eigenvalue weighted by molar-refractivity contribution is 0.595. The summed E-state index contributed by atoms with van der Waals surface area (Å²) in [6.45, 7) is 1.39. The van der Waals surface area contributed by atoms with Crippen molar-refractivity contribution in [1.82, 2.24) is 4.98 Å². The van der Waals surface area contributed by atoms with E-state index in [1.54, 1.807) is 18.2 Å². The Bertz CT molecular complexity index is 1200. The third-order valence-electron chi connectivity index (χ3n) is 4.66. The second-order valence-corrected chi connectivity index (χ2v) is 9.52. The minimum atomic E-state index is -3.91. The summed E-state index contributed by atoms with van der Waals surface area (Å²) in [4.78, 5) is 6.36. The monoisotopic (exact) mass is 413 g/mol. The van der Waals surface area contributed by atoms with Crippen molar-refractivity contribution in [2.45, 2.75) is 9.79 Å². The van der Waals surface area contributed by atoms with Crippen LogP contribution in [0.2, 0.25) is 0 Å². The lowest BCUT2D eigenvalue weighted by atomic mass is 10.1. The summed E-state index contributed by atoms with van der Waals surface area (Å²) in [7, 11) is -3.91. The second-order valence-electron chi connectivity index (χ2n) is 6.38. The van der Waals surface area contributed by atoms with Crippen molar-refractivity contribution in [2.75, 3.05) is 29.5 Å². The van der Waals surface area contributed by atoms with Crippen LogP contribution in [-0.4, -0.2) is 38.0 Å². The van der Waals surface area contributed by atoms with Gasteiger partial charge in [-0.2, -0.15) is 17.0 Å². The van der Waals surface area contributed by atoms with Crippen LogP contribution in [0, 0.1) is 17.1 Å². The third kappa shape index (κ3) is 3.32. The molecule has 0 aliphatic carbocycles. The fourth-order valence-corrected chi connectivity index (χ4v) is 5.69. The van der Waals surface area contributed by atoms with Crippen LogP contribution in [0.3, 0.4) is 0 Å². The average Bonchev–Trinajstić information content (AvgIpc) is 2.73. The molecule has 0 atom stereocenters. The smallest absolute Gasteiger partial charge is 0.210 e. The highest BCUT2D eigenvalue weighted by Gasteiger charge is 2.28. The minimum absolute atomic E-state index is 0.0439. The highest BCUT2D eigenvalue weighted by molar-refractivity contribution is 7.99. The van der Waals surface area contributed by atoms with E-state index in [0.717, 1.165) is 11.5 Å². The maximum absolute atomic E-state index is 13.7. The molecular formula is C20H16FN3O2S2. The molecule has 1 aliphatic rings. The van der Waals surface area contributed by atoms with E-state index in [2.05, 4.69) is 4.98 Å². The molecule has 1 saturated heterocycles. The Morgan fingerprint density at radius 3 is 2.68 bits per heavy atom. The van der Waals surface area contributed by atoms with Crippen molar-refractivity contribution in [1.29, 1.82) is 5.26 Å². The van der Waals surface area contributed by atoms with E-state index < -0.39 is 15.7 Å². The van der Waals surface area contributed by atoms with Gasteiger partial charge in [-0.1, -0.05) is 6.07 Å². The Balaban J connectivity index is 1.97. The van der Waals surface area contributed by atoms with E-state index in [1.165, 1.54) is 30.5 Å². The molecule has 2 aromatic carbocycles. The first-order valence-electron chi connectivity index (χ1n) is 8.67. The Kier molecular flexibility index (Phi) is 4.96. The van der Waals surface area contributed by atoms with Gasteiger partial charge in [0.05, 0.1) is 27.7 Å². The highest BCUT2D eigenvalue weighted by atomic mass is 32.2. The molecule has 0 saturated carbocycles. The summed E-state index contributed by atoms with van der Waals surface area (Å²) in [5.74, 6) is 1.35. The maximum atomic E-state index is 13.7. The third-order valence-corrected chi connectivity index (χ3v) is 7.35. The number of anilines is 1. The summed E-state index contributed by atoms with van der Waals surface area (Å²) in [5.41, 5.74) is 1.23. The molecule has 1 aliphatic heterocycles. The molecule has 0 spiro atoms. The van der Waals surface area contributed by atoms with Crippen LogP contribution < -0.4 is 4.90 Å². The number of thioether (sulfide) groups is 1. The molecule has 4 rings (SSSR count). The molecule has 142 valence electrons. The standard InChI is InChI=1S/C20H16FN3O2S2/c21-15-4-5-17-18(11-15)23-13-19(20(17)24-6-8-27-9-7-24)28(25,26)16-3-1-2-14(10-16)12-22/h1-5,10-11,13H,6-9H2. The van der Waals surface area contributed by atoms with E-state index in [9.17, 15) is 12.8 Å². The van der Waals surface area contributed by atoms with Gasteiger partial charge in [-0.3, -0.25) is 4.98 Å². The fourth-order valence-electron chi connectivity index (χ4n) is 3.30. The Labute approximate surface area is 166 Å². The first kappa shape index (κ1) is 18.7. The molecule has 1 aromatic heterocycles. The number of aromatic nitrogens is 1. The van der Waals surface area contributed by atoms with Crippen LogP contribution in [0.15, 0.2) is 58.5 Å². The van der Waals surface area contributed by atoms with E-state index in [0.29, 0.717) is 29.7 Å². The van der Waals surface area contributed by atoms with Gasteiger partial charge < -0.3 is 4.90 Å². The van der Waals surface area contributed by atoms with Crippen LogP contribution in [-0.2, 0) is 9.84 Å². The van der Waals surface area contributed by atoms with Gasteiger partial charge in [0.1, 0.15) is 10.7 Å². The fraction of sp³-hybridized carbons (Fsp3) is 0.200. The molecule has 5 nitrogen and oxygen atoms in total. The summed E-state index contributed by atoms with van der Waals surface area (Å²) in [6.07, 6.45) is 1.30. The van der Waals surface area contributed by atoms with Crippen molar-refractivity contribution in [3.05, 3.63) is 60.0 Å². The summed E-state index contributed by atoms with van der Waals surface area (Å²) in [5, 5.41) is 9.72. The van der Waals surface area contributed by atoms with Crippen LogP contribution >= 0.6 is 11.8 Å². The molecule has 0 bridgehead atoms. The number of hydrogen-bond donors (Lipinski definition) is 0. The van der Waals surface area contributed by atoms with Crippen LogP contribution in [0.4, 0.5) is 10.1 Å². The molecule has 0 amide bonds. The number of sulfone groups is 1. The summed E-state index contributed by atoms with van der Waals surface area (Å²) in [6, 6.07) is 12.1. The predicted octanol–water partition coefficient (Wildman–Crippen LogP) is 3.63. The predicted molar refractivity (Wildman–Crippen MR) is 108 cm³/mol. The molecule has 2 heterocycles. The zero-order valence-corrected chi connectivity index (χ0v) is 16.4. The van der Waals surface area contributed by atoms with Crippen LogP contribution in [0.25, 0.3) is 10.9 Å². The number of rotatable bonds is 3. The number of halogens is 1. The van der Waals surface area contributed by atoms with Gasteiger partial charge in [0.25, 0.3) is 0 Å². The van der Waals surface area contributed by atoms with E-state index in [-0.39, 0.29) is 15.4 Å². The molecule has 8 heteroatoms. The van der Waals surface area contributed by atoms with E-state index in [1.807, 2.05) is 22.7 Å².